The maximum atomic E-state index is 13.9. The highest BCUT2D eigenvalue weighted by atomic mass is 19.1. The maximum Gasteiger partial charge on any atom is 0.331 e. The van der Waals surface area contributed by atoms with Gasteiger partial charge in [0.2, 0.25) is 0 Å². The van der Waals surface area contributed by atoms with Crippen LogP contribution >= 0.6 is 0 Å². The summed E-state index contributed by atoms with van der Waals surface area (Å²) in [6.45, 7) is 5.18. The van der Waals surface area contributed by atoms with Crippen molar-refractivity contribution in [1.82, 2.24) is 14.0 Å². The molecule has 0 spiro atoms. The van der Waals surface area contributed by atoms with Crippen LogP contribution in [0.3, 0.4) is 0 Å². The first-order valence-corrected chi connectivity index (χ1v) is 14.2. The lowest BCUT2D eigenvalue weighted by Crippen LogP contribution is -2.41. The standard InChI is InChI=1S/C31H34FN5O4/c1-19(2)37-27-10-8-22(15-25(27)29(39)36(31(37)41)18-21-5-6-21)28(38)14-20-4-3-12-35(13-11-20)30(40)34-24-9-7-23(17-33)26(32)16-24/h7-10,15-16,19-21H,3-6,11-14,18H2,1-2H3,(H,34,40). The predicted octanol–water partition coefficient (Wildman–Crippen LogP) is 5.07. The molecular formula is C31H34FN5O4. The molecule has 2 amide bonds. The zero-order valence-electron chi connectivity index (χ0n) is 23.4. The van der Waals surface area contributed by atoms with Crippen molar-refractivity contribution in [2.75, 3.05) is 18.4 Å². The molecule has 10 heteroatoms. The van der Waals surface area contributed by atoms with Crippen LogP contribution in [0.1, 0.15) is 74.3 Å². The quantitative estimate of drug-likeness (QED) is 0.406. The summed E-state index contributed by atoms with van der Waals surface area (Å²) in [4.78, 5) is 54.3. The van der Waals surface area contributed by atoms with Gasteiger partial charge in [0.05, 0.1) is 16.5 Å². The molecule has 214 valence electrons. The third kappa shape index (κ3) is 6.09. The van der Waals surface area contributed by atoms with Gasteiger partial charge in [-0.3, -0.25) is 18.7 Å². The molecule has 1 N–H and O–H groups in total. The van der Waals surface area contributed by atoms with Crippen LogP contribution in [0, 0.1) is 29.0 Å². The Balaban J connectivity index is 1.28. The number of nitrogens with zero attached hydrogens (tertiary/aromatic N) is 4. The number of rotatable bonds is 7. The van der Waals surface area contributed by atoms with Crippen LogP contribution in [0.2, 0.25) is 0 Å². The summed E-state index contributed by atoms with van der Waals surface area (Å²) in [6, 6.07) is 10.2. The Morgan fingerprint density at radius 2 is 1.83 bits per heavy atom. The van der Waals surface area contributed by atoms with Crippen LogP contribution in [0.4, 0.5) is 14.9 Å². The smallest absolute Gasteiger partial charge is 0.325 e. The molecule has 9 nitrogen and oxygen atoms in total. The van der Waals surface area contributed by atoms with Crippen molar-refractivity contribution < 1.29 is 14.0 Å². The number of hydrogen-bond acceptors (Lipinski definition) is 5. The number of benzene rings is 2. The van der Waals surface area contributed by atoms with Gasteiger partial charge in [-0.15, -0.1) is 0 Å². The molecule has 0 bridgehead atoms. The van der Waals surface area contributed by atoms with E-state index in [0.29, 0.717) is 54.9 Å². The number of Topliss-reactive ketones (excluding diaryl/α,β-unsaturated/α-hetero) is 1. The van der Waals surface area contributed by atoms with E-state index in [9.17, 15) is 23.6 Å². The number of aromatic nitrogens is 2. The van der Waals surface area contributed by atoms with Crippen molar-refractivity contribution in [3.8, 4) is 6.07 Å². The molecule has 3 aromatic rings. The molecule has 1 unspecified atom stereocenters. The second-order valence-electron chi connectivity index (χ2n) is 11.5. The highest BCUT2D eigenvalue weighted by Crippen LogP contribution is 2.30. The third-order valence-corrected chi connectivity index (χ3v) is 8.09. The first kappa shape index (κ1) is 28.3. The lowest BCUT2D eigenvalue weighted by atomic mass is 9.92. The lowest BCUT2D eigenvalue weighted by molar-refractivity contribution is 0.0957. The molecular weight excluding hydrogens is 525 g/mol. The number of urea groups is 1. The number of nitriles is 1. The van der Waals surface area contributed by atoms with E-state index in [4.69, 9.17) is 5.26 Å². The number of carbonyl (C=O) groups excluding carboxylic acids is 2. The van der Waals surface area contributed by atoms with E-state index >= 15 is 0 Å². The topological polar surface area (TPSA) is 117 Å². The number of ketones is 1. The average molecular weight is 560 g/mol. The molecule has 2 aliphatic rings. The minimum atomic E-state index is -0.692. The third-order valence-electron chi connectivity index (χ3n) is 8.09. The molecule has 1 aliphatic heterocycles. The summed E-state index contributed by atoms with van der Waals surface area (Å²) in [7, 11) is 0. The van der Waals surface area contributed by atoms with Crippen molar-refractivity contribution >= 4 is 28.4 Å². The number of carbonyl (C=O) groups is 2. The van der Waals surface area contributed by atoms with E-state index in [1.54, 1.807) is 33.7 Å². The number of likely N-dealkylation sites (tertiary alicyclic amines) is 1. The summed E-state index contributed by atoms with van der Waals surface area (Å²) in [5.74, 6) is -0.342. The zero-order valence-corrected chi connectivity index (χ0v) is 23.4. The minimum Gasteiger partial charge on any atom is -0.325 e. The number of anilines is 1. The fraction of sp³-hybridized carbons (Fsp3) is 0.452. The van der Waals surface area contributed by atoms with E-state index in [1.807, 2.05) is 13.8 Å². The van der Waals surface area contributed by atoms with E-state index in [2.05, 4.69) is 5.32 Å². The lowest BCUT2D eigenvalue weighted by Gasteiger charge is -2.21. The Hall–Kier alpha value is -4.26. The van der Waals surface area contributed by atoms with E-state index in [1.165, 1.54) is 16.7 Å². The second kappa shape index (κ2) is 11.7. The minimum absolute atomic E-state index is 0.0690. The van der Waals surface area contributed by atoms with Gasteiger partial charge in [-0.1, -0.05) is 0 Å². The number of amides is 2. The van der Waals surface area contributed by atoms with E-state index in [0.717, 1.165) is 31.7 Å². The number of nitrogens with one attached hydrogen (secondary N) is 1. The zero-order chi connectivity index (χ0) is 29.3. The molecule has 41 heavy (non-hydrogen) atoms. The molecule has 1 saturated carbocycles. The molecule has 2 aromatic carbocycles. The molecule has 0 radical (unpaired) electrons. The van der Waals surface area contributed by atoms with Gasteiger partial charge in [-0.2, -0.15) is 5.26 Å². The summed E-state index contributed by atoms with van der Waals surface area (Å²) < 4.78 is 16.9. The highest BCUT2D eigenvalue weighted by molar-refractivity contribution is 5.99. The van der Waals surface area contributed by atoms with Crippen LogP contribution in [-0.2, 0) is 6.54 Å². The van der Waals surface area contributed by atoms with Crippen LogP contribution in [-0.4, -0.2) is 38.9 Å². The Bertz CT molecular complexity index is 1660. The number of halogens is 1. The Kier molecular flexibility index (Phi) is 8.06. The van der Waals surface area contributed by atoms with Gasteiger partial charge in [0.15, 0.2) is 5.78 Å². The van der Waals surface area contributed by atoms with Crippen LogP contribution in [0.5, 0.6) is 0 Å². The van der Waals surface area contributed by atoms with Crippen LogP contribution in [0.15, 0.2) is 46.0 Å². The van der Waals surface area contributed by atoms with E-state index in [-0.39, 0.29) is 46.3 Å². The van der Waals surface area contributed by atoms with Crippen molar-refractivity contribution in [1.29, 1.82) is 5.26 Å². The summed E-state index contributed by atoms with van der Waals surface area (Å²) in [6.07, 6.45) is 4.45. The maximum absolute atomic E-state index is 13.9. The fourth-order valence-electron chi connectivity index (χ4n) is 5.61. The van der Waals surface area contributed by atoms with Crippen molar-refractivity contribution in [3.05, 3.63) is 74.2 Å². The van der Waals surface area contributed by atoms with Gasteiger partial charge in [-0.25, -0.2) is 14.0 Å². The molecule has 1 saturated heterocycles. The largest absolute Gasteiger partial charge is 0.331 e. The highest BCUT2D eigenvalue weighted by Gasteiger charge is 2.26. The average Bonchev–Trinajstić information content (AvgIpc) is 3.78. The molecule has 2 heterocycles. The van der Waals surface area contributed by atoms with Gasteiger partial charge in [-0.05, 0) is 94.2 Å². The normalized spacial score (nSPS) is 17.3. The molecule has 1 aliphatic carbocycles. The van der Waals surface area contributed by atoms with Gasteiger partial charge in [0.25, 0.3) is 5.56 Å². The monoisotopic (exact) mass is 559 g/mol. The van der Waals surface area contributed by atoms with Gasteiger partial charge < -0.3 is 10.2 Å². The Labute approximate surface area is 237 Å². The molecule has 1 atom stereocenters. The van der Waals surface area contributed by atoms with Gasteiger partial charge in [0.1, 0.15) is 11.9 Å². The summed E-state index contributed by atoms with van der Waals surface area (Å²) >= 11 is 0. The first-order chi connectivity index (χ1) is 19.7. The Morgan fingerprint density at radius 1 is 1.05 bits per heavy atom. The van der Waals surface area contributed by atoms with Crippen molar-refractivity contribution in [2.24, 2.45) is 11.8 Å². The summed E-state index contributed by atoms with van der Waals surface area (Å²) in [5, 5.41) is 12.0. The number of fused-ring (bicyclic) bond motifs is 1. The van der Waals surface area contributed by atoms with Gasteiger partial charge >= 0.3 is 11.7 Å². The summed E-state index contributed by atoms with van der Waals surface area (Å²) in [5.41, 5.74) is 0.523. The molecule has 5 rings (SSSR count). The second-order valence-corrected chi connectivity index (χ2v) is 11.5. The predicted molar refractivity (Wildman–Crippen MR) is 154 cm³/mol. The number of hydrogen-bond donors (Lipinski definition) is 1. The van der Waals surface area contributed by atoms with Crippen LogP contribution in [0.25, 0.3) is 10.9 Å². The first-order valence-electron chi connectivity index (χ1n) is 14.2. The molecule has 1 aromatic heterocycles. The fourth-order valence-corrected chi connectivity index (χ4v) is 5.61. The SMILES string of the molecule is CC(C)n1c(=O)n(CC2CC2)c(=O)c2cc(C(=O)CC3CCCN(C(=O)Nc4ccc(C#N)c(F)c4)CC3)ccc21. The van der Waals surface area contributed by atoms with Crippen LogP contribution < -0.4 is 16.6 Å². The van der Waals surface area contributed by atoms with Crippen molar-refractivity contribution in [2.45, 2.75) is 65.0 Å². The Morgan fingerprint density at radius 3 is 2.51 bits per heavy atom. The van der Waals surface area contributed by atoms with Gasteiger partial charge in [0, 0.05) is 43.3 Å². The van der Waals surface area contributed by atoms with E-state index < -0.39 is 5.82 Å². The molecule has 2 fully saturated rings. The van der Waals surface area contributed by atoms with Crippen molar-refractivity contribution in [3.63, 3.8) is 0 Å².